The van der Waals surface area contributed by atoms with Crippen molar-refractivity contribution in [1.29, 1.82) is 0 Å². The maximum Gasteiger partial charge on any atom is 0.309 e. The minimum absolute atomic E-state index is 0.0289. The van der Waals surface area contributed by atoms with Crippen LogP contribution in [0.5, 0.6) is 0 Å². The molecule has 306 valence electrons. The summed E-state index contributed by atoms with van der Waals surface area (Å²) in [5.74, 6) is -0.149. The highest BCUT2D eigenvalue weighted by molar-refractivity contribution is 5.74. The first-order valence-corrected chi connectivity index (χ1v) is 23.2. The SMILES string of the molecule is CCCCCCCC(CCCCCCC)C(=O)O[C@@H]1CC2(CCN(CCCCCO)CC2)C[C@H]1OC(=O)C(CCCCCCC)CCCCCCC. The molecule has 0 aromatic heterocycles. The molecule has 6 heteroatoms. The summed E-state index contributed by atoms with van der Waals surface area (Å²) in [5, 5.41) is 9.19. The van der Waals surface area contributed by atoms with Gasteiger partial charge < -0.3 is 19.5 Å². The van der Waals surface area contributed by atoms with E-state index in [0.29, 0.717) is 0 Å². The molecule has 2 atom stereocenters. The third kappa shape index (κ3) is 20.0. The summed E-state index contributed by atoms with van der Waals surface area (Å²) in [6, 6.07) is 0. The van der Waals surface area contributed by atoms with Crippen molar-refractivity contribution in [3.8, 4) is 0 Å². The monoisotopic (exact) mass is 734 g/mol. The zero-order valence-electron chi connectivity index (χ0n) is 35.1. The van der Waals surface area contributed by atoms with Gasteiger partial charge in [0.1, 0.15) is 12.2 Å². The zero-order chi connectivity index (χ0) is 37.7. The molecule has 2 fully saturated rings. The van der Waals surface area contributed by atoms with Crippen molar-refractivity contribution < 1.29 is 24.2 Å². The quantitative estimate of drug-likeness (QED) is 0.0534. The van der Waals surface area contributed by atoms with Gasteiger partial charge in [0.15, 0.2) is 0 Å². The van der Waals surface area contributed by atoms with Gasteiger partial charge in [0.2, 0.25) is 0 Å². The topological polar surface area (TPSA) is 76.1 Å². The molecule has 1 N–H and O–H groups in total. The van der Waals surface area contributed by atoms with Crippen LogP contribution in [0, 0.1) is 17.3 Å². The number of aliphatic hydroxyl groups excluding tert-OH is 1. The third-order valence-corrected chi connectivity index (χ3v) is 12.6. The van der Waals surface area contributed by atoms with Crippen LogP contribution >= 0.6 is 0 Å². The number of hydrogen-bond acceptors (Lipinski definition) is 6. The van der Waals surface area contributed by atoms with Crippen molar-refractivity contribution in [1.82, 2.24) is 4.90 Å². The summed E-state index contributed by atoms with van der Waals surface area (Å²) in [5.41, 5.74) is 0.0725. The molecule has 1 saturated carbocycles. The molecule has 0 aromatic rings. The van der Waals surface area contributed by atoms with Crippen LogP contribution in [0.25, 0.3) is 0 Å². The van der Waals surface area contributed by atoms with Crippen LogP contribution in [-0.2, 0) is 19.1 Å². The third-order valence-electron chi connectivity index (χ3n) is 12.6. The number of rotatable bonds is 33. The molecule has 1 aliphatic heterocycles. The zero-order valence-corrected chi connectivity index (χ0v) is 35.1. The van der Waals surface area contributed by atoms with E-state index in [0.717, 1.165) is 116 Å². The molecule has 52 heavy (non-hydrogen) atoms. The van der Waals surface area contributed by atoms with Gasteiger partial charge in [-0.15, -0.1) is 0 Å². The molecular weight excluding hydrogens is 647 g/mol. The Morgan fingerprint density at radius 1 is 0.538 bits per heavy atom. The first kappa shape index (κ1) is 47.0. The minimum Gasteiger partial charge on any atom is -0.458 e. The number of aliphatic hydroxyl groups is 1. The van der Waals surface area contributed by atoms with Crippen molar-refractivity contribution in [2.75, 3.05) is 26.2 Å². The fourth-order valence-corrected chi connectivity index (χ4v) is 8.95. The Bertz CT molecular complexity index is 787. The Labute approximate surface area is 322 Å². The smallest absolute Gasteiger partial charge is 0.309 e. The van der Waals surface area contributed by atoms with Gasteiger partial charge in [0.05, 0.1) is 11.8 Å². The van der Waals surface area contributed by atoms with E-state index in [-0.39, 0.29) is 48.0 Å². The highest BCUT2D eigenvalue weighted by Gasteiger charge is 2.50. The lowest BCUT2D eigenvalue weighted by molar-refractivity contribution is -0.171. The summed E-state index contributed by atoms with van der Waals surface area (Å²) in [4.78, 5) is 30.7. The number of carbonyl (C=O) groups excluding carboxylic acids is 2. The Morgan fingerprint density at radius 3 is 1.23 bits per heavy atom. The van der Waals surface area contributed by atoms with Crippen LogP contribution in [0.1, 0.15) is 227 Å². The molecule has 1 aliphatic carbocycles. The number of unbranched alkanes of at least 4 members (excludes halogenated alkanes) is 18. The molecule has 0 radical (unpaired) electrons. The maximum atomic E-state index is 14.1. The normalized spacial score (nSPS) is 18.9. The first-order valence-electron chi connectivity index (χ1n) is 23.2. The van der Waals surface area contributed by atoms with Crippen LogP contribution in [0.4, 0.5) is 0 Å². The van der Waals surface area contributed by atoms with Crippen molar-refractivity contribution in [2.45, 2.75) is 239 Å². The largest absolute Gasteiger partial charge is 0.458 e. The predicted molar refractivity (Wildman–Crippen MR) is 219 cm³/mol. The Hall–Kier alpha value is -1.14. The van der Waals surface area contributed by atoms with E-state index < -0.39 is 0 Å². The Morgan fingerprint density at radius 2 is 0.885 bits per heavy atom. The number of likely N-dealkylation sites (tertiary alicyclic amines) is 1. The van der Waals surface area contributed by atoms with Gasteiger partial charge in [0.25, 0.3) is 0 Å². The van der Waals surface area contributed by atoms with Crippen LogP contribution in [0.3, 0.4) is 0 Å². The summed E-state index contributed by atoms with van der Waals surface area (Å²) < 4.78 is 13.1. The Kier molecular flexibility index (Phi) is 27.2. The van der Waals surface area contributed by atoms with Gasteiger partial charge in [-0.3, -0.25) is 9.59 Å². The summed E-state index contributed by atoms with van der Waals surface area (Å²) in [6.07, 6.45) is 34.0. The molecule has 1 saturated heterocycles. The molecule has 0 bridgehead atoms. The number of esters is 2. The predicted octanol–water partition coefficient (Wildman–Crippen LogP) is 12.5. The van der Waals surface area contributed by atoms with E-state index in [1.807, 2.05) is 0 Å². The summed E-state index contributed by atoms with van der Waals surface area (Å²) in [7, 11) is 0. The van der Waals surface area contributed by atoms with Crippen molar-refractivity contribution in [3.63, 3.8) is 0 Å². The average molecular weight is 734 g/mol. The molecular formula is C46H87NO5. The molecule has 2 aliphatic rings. The number of hydrogen-bond donors (Lipinski definition) is 1. The van der Waals surface area contributed by atoms with E-state index in [2.05, 4.69) is 32.6 Å². The molecule has 2 rings (SSSR count). The summed E-state index contributed by atoms with van der Waals surface area (Å²) >= 11 is 0. The first-order chi connectivity index (χ1) is 25.4. The molecule has 1 spiro atoms. The van der Waals surface area contributed by atoms with Gasteiger partial charge in [-0.2, -0.15) is 0 Å². The van der Waals surface area contributed by atoms with E-state index in [1.54, 1.807) is 0 Å². The van der Waals surface area contributed by atoms with Crippen molar-refractivity contribution in [2.24, 2.45) is 17.3 Å². The second-order valence-electron chi connectivity index (χ2n) is 17.2. The number of nitrogens with zero attached hydrogens (tertiary/aromatic N) is 1. The second-order valence-corrected chi connectivity index (χ2v) is 17.2. The van der Waals surface area contributed by atoms with E-state index in [1.165, 1.54) is 103 Å². The Balaban J connectivity index is 2.16. The lowest BCUT2D eigenvalue weighted by Gasteiger charge is -2.39. The number of carbonyl (C=O) groups is 2. The highest BCUT2D eigenvalue weighted by atomic mass is 16.6. The van der Waals surface area contributed by atoms with Crippen LogP contribution in [-0.4, -0.2) is 60.4 Å². The van der Waals surface area contributed by atoms with Gasteiger partial charge in [-0.25, -0.2) is 0 Å². The lowest BCUT2D eigenvalue weighted by atomic mass is 9.76. The second kappa shape index (κ2) is 30.1. The van der Waals surface area contributed by atoms with Gasteiger partial charge in [-0.1, -0.05) is 156 Å². The number of ether oxygens (including phenoxy) is 2. The van der Waals surface area contributed by atoms with Gasteiger partial charge in [-0.05, 0) is 95.7 Å². The van der Waals surface area contributed by atoms with Crippen molar-refractivity contribution >= 4 is 11.9 Å². The van der Waals surface area contributed by atoms with E-state index in [9.17, 15) is 14.7 Å². The number of piperidine rings is 1. The standard InChI is InChI=1S/C46H87NO5/c1-5-9-13-17-22-28-40(29-23-18-14-10-6-2)44(49)51-42-38-46(32-35-47(36-33-46)34-26-21-27-37-48)39-43(42)52-45(50)41(30-24-19-15-11-7-3)31-25-20-16-12-8-4/h40-43,48H,5-39H2,1-4H3/t42-,43-/m1/s1. The van der Waals surface area contributed by atoms with E-state index >= 15 is 0 Å². The molecule has 1 heterocycles. The van der Waals surface area contributed by atoms with Crippen LogP contribution in [0.15, 0.2) is 0 Å². The fourth-order valence-electron chi connectivity index (χ4n) is 8.95. The lowest BCUT2D eigenvalue weighted by Crippen LogP contribution is -2.40. The highest BCUT2D eigenvalue weighted by Crippen LogP contribution is 2.49. The van der Waals surface area contributed by atoms with Crippen LogP contribution < -0.4 is 0 Å². The van der Waals surface area contributed by atoms with Gasteiger partial charge in [0, 0.05) is 6.61 Å². The average Bonchev–Trinajstić information content (AvgIpc) is 3.46. The molecule has 0 amide bonds. The molecule has 0 unspecified atom stereocenters. The van der Waals surface area contributed by atoms with Crippen LogP contribution in [0.2, 0.25) is 0 Å². The van der Waals surface area contributed by atoms with Gasteiger partial charge >= 0.3 is 11.9 Å². The minimum atomic E-state index is -0.329. The van der Waals surface area contributed by atoms with Crippen molar-refractivity contribution in [3.05, 3.63) is 0 Å². The fraction of sp³-hybridized carbons (Fsp3) is 0.957. The molecule has 0 aromatic carbocycles. The van der Waals surface area contributed by atoms with E-state index in [4.69, 9.17) is 9.47 Å². The maximum absolute atomic E-state index is 14.1. The molecule has 6 nitrogen and oxygen atoms in total. The summed E-state index contributed by atoms with van der Waals surface area (Å²) in [6.45, 7) is 12.5.